The minimum absolute atomic E-state index is 0.176. The van der Waals surface area contributed by atoms with Crippen molar-refractivity contribution in [2.45, 2.75) is 6.92 Å². The molecule has 37 heavy (non-hydrogen) atoms. The molecule has 0 fully saturated rings. The molecule has 0 aliphatic carbocycles. The number of carbonyl (C=O) groups excluding carboxylic acids is 1. The number of pyridine rings is 1. The number of nitrogens with zero attached hydrogens (tertiary/aromatic N) is 5. The van der Waals surface area contributed by atoms with Crippen LogP contribution in [0.25, 0.3) is 28.1 Å². The third-order valence-corrected chi connectivity index (χ3v) is 6.66. The second-order valence-electron chi connectivity index (χ2n) is 8.07. The summed E-state index contributed by atoms with van der Waals surface area (Å²) in [6.45, 7) is 1.46. The maximum atomic E-state index is 12.2. The summed E-state index contributed by atoms with van der Waals surface area (Å²) in [5.74, 6) is 0.773. The number of aromatic nitrogens is 3. The first-order valence-electron chi connectivity index (χ1n) is 11.4. The Morgan fingerprint density at radius 2 is 1.62 bits per heavy atom. The SMILES string of the molecule is COc1ccc(-n2nc(C(C)=O)sc2=Nc2nc(-c3ccccc3)cc(-c3ccccc3)c2C#N)cc1. The maximum absolute atomic E-state index is 12.2. The van der Waals surface area contributed by atoms with Gasteiger partial charge in [0.15, 0.2) is 16.6 Å². The van der Waals surface area contributed by atoms with Crippen molar-refractivity contribution in [1.29, 1.82) is 5.26 Å². The number of hydrogen-bond donors (Lipinski definition) is 0. The fourth-order valence-corrected chi connectivity index (χ4v) is 4.61. The Kier molecular flexibility index (Phi) is 6.70. The number of benzene rings is 3. The van der Waals surface area contributed by atoms with Crippen LogP contribution in [0.3, 0.4) is 0 Å². The third-order valence-electron chi connectivity index (χ3n) is 5.65. The van der Waals surface area contributed by atoms with Crippen molar-refractivity contribution in [2.24, 2.45) is 4.99 Å². The zero-order valence-corrected chi connectivity index (χ0v) is 20.9. The van der Waals surface area contributed by atoms with Crippen LogP contribution in [0, 0.1) is 11.3 Å². The highest BCUT2D eigenvalue weighted by atomic mass is 32.1. The van der Waals surface area contributed by atoms with Crippen molar-refractivity contribution in [3.8, 4) is 39.9 Å². The molecule has 5 rings (SSSR count). The minimum atomic E-state index is -0.176. The van der Waals surface area contributed by atoms with Gasteiger partial charge in [-0.05, 0) is 35.9 Å². The standard InChI is InChI=1S/C29H21N5O2S/c1-19(35)28-33-34(22-13-15-23(36-2)16-14-22)29(37-28)32-27-25(18-30)24(20-9-5-3-6-10-20)17-26(31-27)21-11-7-4-8-12-21/h3-17H,1-2H3. The summed E-state index contributed by atoms with van der Waals surface area (Å²) in [5.41, 5.74) is 4.23. The van der Waals surface area contributed by atoms with Crippen molar-refractivity contribution in [3.05, 3.63) is 106 Å². The predicted molar refractivity (Wildman–Crippen MR) is 143 cm³/mol. The van der Waals surface area contributed by atoms with Gasteiger partial charge in [0.2, 0.25) is 4.80 Å². The Morgan fingerprint density at radius 3 is 2.22 bits per heavy atom. The predicted octanol–water partition coefficient (Wildman–Crippen LogP) is 5.98. The summed E-state index contributed by atoms with van der Waals surface area (Å²) in [5, 5.41) is 15.0. The van der Waals surface area contributed by atoms with Crippen molar-refractivity contribution in [2.75, 3.05) is 7.11 Å². The van der Waals surface area contributed by atoms with E-state index >= 15 is 0 Å². The van der Waals surface area contributed by atoms with Crippen LogP contribution in [0.5, 0.6) is 5.75 Å². The number of ketones is 1. The molecule has 7 nitrogen and oxygen atoms in total. The molecule has 0 saturated heterocycles. The van der Waals surface area contributed by atoms with Crippen molar-refractivity contribution >= 4 is 22.9 Å². The lowest BCUT2D eigenvalue weighted by Crippen LogP contribution is -2.14. The van der Waals surface area contributed by atoms with E-state index in [0.717, 1.165) is 28.0 Å². The fraction of sp³-hybridized carbons (Fsp3) is 0.0690. The zero-order chi connectivity index (χ0) is 25.8. The maximum Gasteiger partial charge on any atom is 0.215 e. The van der Waals surface area contributed by atoms with E-state index in [1.165, 1.54) is 6.92 Å². The number of carbonyl (C=O) groups is 1. The second kappa shape index (κ2) is 10.4. The molecule has 0 N–H and O–H groups in total. The Balaban J connectivity index is 1.79. The van der Waals surface area contributed by atoms with Crippen molar-refractivity contribution < 1.29 is 9.53 Å². The summed E-state index contributed by atoms with van der Waals surface area (Å²) in [6, 6.07) is 30.9. The fourth-order valence-electron chi connectivity index (χ4n) is 3.80. The minimum Gasteiger partial charge on any atom is -0.497 e. The monoisotopic (exact) mass is 503 g/mol. The third kappa shape index (κ3) is 4.94. The van der Waals surface area contributed by atoms with Gasteiger partial charge in [0, 0.05) is 18.1 Å². The van der Waals surface area contributed by atoms with Gasteiger partial charge < -0.3 is 4.74 Å². The number of hydrogen-bond acceptors (Lipinski definition) is 7. The van der Waals surface area contributed by atoms with Gasteiger partial charge in [-0.15, -0.1) is 0 Å². The van der Waals surface area contributed by atoms with Gasteiger partial charge in [-0.2, -0.15) is 15.4 Å². The number of ether oxygens (including phenoxy) is 1. The molecule has 0 atom stereocenters. The van der Waals surface area contributed by atoms with Gasteiger partial charge in [-0.3, -0.25) is 4.79 Å². The van der Waals surface area contributed by atoms with Crippen LogP contribution in [0.4, 0.5) is 5.82 Å². The Morgan fingerprint density at radius 1 is 0.973 bits per heavy atom. The largest absolute Gasteiger partial charge is 0.497 e. The average Bonchev–Trinajstić information content (AvgIpc) is 3.38. The lowest BCUT2D eigenvalue weighted by atomic mass is 9.98. The average molecular weight is 504 g/mol. The molecule has 0 saturated carbocycles. The molecule has 0 aliphatic heterocycles. The van der Waals surface area contributed by atoms with Crippen LogP contribution in [-0.2, 0) is 0 Å². The van der Waals surface area contributed by atoms with Crippen LogP contribution < -0.4 is 9.54 Å². The highest BCUT2D eigenvalue weighted by Gasteiger charge is 2.17. The number of methoxy groups -OCH3 is 1. The molecule has 0 bridgehead atoms. The molecule has 2 aromatic heterocycles. The molecule has 0 spiro atoms. The van der Waals surface area contributed by atoms with E-state index in [-0.39, 0.29) is 11.6 Å². The lowest BCUT2D eigenvalue weighted by molar-refractivity contribution is 0.101. The summed E-state index contributed by atoms with van der Waals surface area (Å²) in [4.78, 5) is 22.2. The molecule has 8 heteroatoms. The smallest absolute Gasteiger partial charge is 0.215 e. The summed E-state index contributed by atoms with van der Waals surface area (Å²) >= 11 is 1.14. The van der Waals surface area contributed by atoms with Gasteiger partial charge in [-0.25, -0.2) is 9.67 Å². The highest BCUT2D eigenvalue weighted by molar-refractivity contribution is 7.11. The number of Topliss-reactive ketones (excluding diaryl/α,β-unsaturated/α-hetero) is 1. The van der Waals surface area contributed by atoms with Crippen LogP contribution in [-0.4, -0.2) is 27.7 Å². The molecule has 3 aromatic carbocycles. The zero-order valence-electron chi connectivity index (χ0n) is 20.1. The number of rotatable bonds is 6. The summed E-state index contributed by atoms with van der Waals surface area (Å²) in [7, 11) is 1.60. The molecular weight excluding hydrogens is 482 g/mol. The molecular formula is C29H21N5O2S. The van der Waals surface area contributed by atoms with Gasteiger partial charge in [0.1, 0.15) is 17.4 Å². The first-order valence-corrected chi connectivity index (χ1v) is 12.3. The van der Waals surface area contributed by atoms with Crippen molar-refractivity contribution in [3.63, 3.8) is 0 Å². The van der Waals surface area contributed by atoms with E-state index in [1.54, 1.807) is 23.9 Å². The van der Waals surface area contributed by atoms with Crippen molar-refractivity contribution in [1.82, 2.24) is 14.8 Å². The first kappa shape index (κ1) is 23.9. The first-order chi connectivity index (χ1) is 18.1. The normalized spacial score (nSPS) is 11.2. The van der Waals surface area contributed by atoms with Crippen LogP contribution in [0.15, 0.2) is 96.0 Å². The van der Waals surface area contributed by atoms with Gasteiger partial charge >= 0.3 is 0 Å². The molecule has 0 unspecified atom stereocenters. The van der Waals surface area contributed by atoms with Crippen LogP contribution >= 0.6 is 11.3 Å². The van der Waals surface area contributed by atoms with E-state index in [4.69, 9.17) is 14.7 Å². The lowest BCUT2D eigenvalue weighted by Gasteiger charge is -2.10. The molecule has 2 heterocycles. The Labute approximate surface area is 217 Å². The Bertz CT molecular complexity index is 1680. The second-order valence-corrected chi connectivity index (χ2v) is 9.02. The molecule has 0 amide bonds. The van der Waals surface area contributed by atoms with Crippen LogP contribution in [0.2, 0.25) is 0 Å². The number of nitriles is 1. The topological polar surface area (TPSA) is 93.2 Å². The quantitative estimate of drug-likeness (QED) is 0.266. The summed E-state index contributed by atoms with van der Waals surface area (Å²) < 4.78 is 6.85. The van der Waals surface area contributed by atoms with E-state index in [0.29, 0.717) is 32.5 Å². The molecule has 5 aromatic rings. The van der Waals surface area contributed by atoms with E-state index < -0.39 is 0 Å². The van der Waals surface area contributed by atoms with Crippen LogP contribution in [0.1, 0.15) is 22.3 Å². The van der Waals surface area contributed by atoms with Gasteiger partial charge in [0.05, 0.1) is 18.5 Å². The van der Waals surface area contributed by atoms with E-state index in [9.17, 15) is 10.1 Å². The molecule has 0 radical (unpaired) electrons. The summed E-state index contributed by atoms with van der Waals surface area (Å²) in [6.07, 6.45) is 0. The van der Waals surface area contributed by atoms with E-state index in [2.05, 4.69) is 11.2 Å². The van der Waals surface area contributed by atoms with Gasteiger partial charge in [0.25, 0.3) is 0 Å². The highest BCUT2D eigenvalue weighted by Crippen LogP contribution is 2.33. The molecule has 180 valence electrons. The van der Waals surface area contributed by atoms with E-state index in [1.807, 2.05) is 78.9 Å². The molecule has 0 aliphatic rings. The van der Waals surface area contributed by atoms with Gasteiger partial charge in [-0.1, -0.05) is 72.0 Å². The Hall–Kier alpha value is -4.87.